The van der Waals surface area contributed by atoms with Crippen LogP contribution in [-0.2, 0) is 16.0 Å². The average Bonchev–Trinajstić information content (AvgIpc) is 2.81. The first-order valence-electron chi connectivity index (χ1n) is 7.25. The first-order chi connectivity index (χ1) is 10.1. The monoisotopic (exact) mass is 287 g/mol. The van der Waals surface area contributed by atoms with Gasteiger partial charge >= 0.3 is 6.09 Å². The number of allylic oxidation sites excluding steroid dienone is 1. The lowest BCUT2D eigenvalue weighted by Gasteiger charge is -2.21. The van der Waals surface area contributed by atoms with Crippen LogP contribution in [0, 0.1) is 5.92 Å². The molecule has 0 aromatic heterocycles. The van der Waals surface area contributed by atoms with Crippen LogP contribution in [0.3, 0.4) is 0 Å². The summed E-state index contributed by atoms with van der Waals surface area (Å²) in [7, 11) is 0. The van der Waals surface area contributed by atoms with E-state index in [1.807, 2.05) is 37.3 Å². The van der Waals surface area contributed by atoms with Crippen molar-refractivity contribution in [2.24, 2.45) is 5.92 Å². The van der Waals surface area contributed by atoms with E-state index in [9.17, 15) is 9.59 Å². The topological polar surface area (TPSA) is 46.6 Å². The molecule has 2 atom stereocenters. The van der Waals surface area contributed by atoms with E-state index < -0.39 is 6.09 Å². The zero-order valence-electron chi connectivity index (χ0n) is 12.3. The summed E-state index contributed by atoms with van der Waals surface area (Å²) >= 11 is 0. The molecule has 0 bridgehead atoms. The minimum Gasteiger partial charge on any atom is -0.447 e. The summed E-state index contributed by atoms with van der Waals surface area (Å²) < 4.78 is 5.06. The van der Waals surface area contributed by atoms with Gasteiger partial charge in [0.1, 0.15) is 6.61 Å². The summed E-state index contributed by atoms with van der Waals surface area (Å²) in [5.41, 5.74) is 1.10. The lowest BCUT2D eigenvalue weighted by Crippen LogP contribution is -2.40. The molecule has 0 radical (unpaired) electrons. The van der Waals surface area contributed by atoms with Crippen LogP contribution in [0.1, 0.15) is 25.3 Å². The fourth-order valence-corrected chi connectivity index (χ4v) is 2.57. The summed E-state index contributed by atoms with van der Waals surface area (Å²) in [6, 6.07) is 9.62. The Kier molecular flexibility index (Phi) is 5.14. The van der Waals surface area contributed by atoms with E-state index in [0.717, 1.165) is 12.0 Å². The van der Waals surface area contributed by atoms with Crippen LogP contribution in [0.2, 0.25) is 0 Å². The van der Waals surface area contributed by atoms with Gasteiger partial charge in [0.2, 0.25) is 5.91 Å². The molecule has 1 aromatic carbocycles. The van der Waals surface area contributed by atoms with Crippen LogP contribution in [0.4, 0.5) is 4.79 Å². The summed E-state index contributed by atoms with van der Waals surface area (Å²) in [5, 5.41) is 0. The van der Waals surface area contributed by atoms with Gasteiger partial charge in [0, 0.05) is 6.42 Å². The Morgan fingerprint density at radius 2 is 2.19 bits per heavy atom. The lowest BCUT2D eigenvalue weighted by molar-refractivity contribution is -0.130. The van der Waals surface area contributed by atoms with Gasteiger partial charge in [-0.25, -0.2) is 9.69 Å². The number of nitrogens with zero attached hydrogens (tertiary/aromatic N) is 1. The Morgan fingerprint density at radius 3 is 2.86 bits per heavy atom. The highest BCUT2D eigenvalue weighted by molar-refractivity contribution is 5.93. The molecule has 0 saturated carbocycles. The number of hydrogen-bond donors (Lipinski definition) is 0. The number of amides is 2. The molecule has 2 rings (SSSR count). The Labute approximate surface area is 125 Å². The molecule has 1 aliphatic heterocycles. The van der Waals surface area contributed by atoms with Crippen molar-refractivity contribution in [1.82, 2.24) is 4.90 Å². The quantitative estimate of drug-likeness (QED) is 0.755. The van der Waals surface area contributed by atoms with Gasteiger partial charge in [-0.3, -0.25) is 4.79 Å². The van der Waals surface area contributed by atoms with Crippen LogP contribution in [0.5, 0.6) is 0 Å². The Hall–Kier alpha value is -2.10. The second-order valence-electron chi connectivity index (χ2n) is 5.52. The number of carbonyl (C=O) groups excluding carboxylic acids is 2. The van der Waals surface area contributed by atoms with Crippen molar-refractivity contribution >= 4 is 12.0 Å². The fourth-order valence-electron chi connectivity index (χ4n) is 2.57. The van der Waals surface area contributed by atoms with Crippen LogP contribution < -0.4 is 0 Å². The molecule has 21 heavy (non-hydrogen) atoms. The maximum absolute atomic E-state index is 12.3. The molecule has 0 aliphatic carbocycles. The smallest absolute Gasteiger partial charge is 0.416 e. The molecule has 0 N–H and O–H groups in total. The van der Waals surface area contributed by atoms with E-state index >= 15 is 0 Å². The highest BCUT2D eigenvalue weighted by Gasteiger charge is 2.37. The first kappa shape index (κ1) is 15.3. The molecule has 0 spiro atoms. The SMILES string of the molecule is C=CCC(C)CC(=O)N1C(=O)OCC1Cc1ccccc1. The van der Waals surface area contributed by atoms with Crippen molar-refractivity contribution in [1.29, 1.82) is 0 Å². The van der Waals surface area contributed by atoms with Crippen molar-refractivity contribution in [2.45, 2.75) is 32.2 Å². The third-order valence-corrected chi connectivity index (χ3v) is 3.64. The van der Waals surface area contributed by atoms with Crippen molar-refractivity contribution in [3.63, 3.8) is 0 Å². The number of hydrogen-bond acceptors (Lipinski definition) is 3. The van der Waals surface area contributed by atoms with Gasteiger partial charge in [-0.05, 0) is 24.3 Å². The van der Waals surface area contributed by atoms with Gasteiger partial charge in [0.15, 0.2) is 0 Å². The molecule has 2 unspecified atom stereocenters. The number of benzene rings is 1. The summed E-state index contributed by atoms with van der Waals surface area (Å²) in [4.78, 5) is 25.4. The fraction of sp³-hybridized carbons (Fsp3) is 0.412. The van der Waals surface area contributed by atoms with Crippen LogP contribution in [-0.4, -0.2) is 29.5 Å². The first-order valence-corrected chi connectivity index (χ1v) is 7.25. The van der Waals surface area contributed by atoms with Gasteiger partial charge in [0.25, 0.3) is 0 Å². The van der Waals surface area contributed by atoms with Crippen LogP contribution in [0.25, 0.3) is 0 Å². The number of rotatable bonds is 6. The summed E-state index contributed by atoms with van der Waals surface area (Å²) in [6.45, 7) is 5.93. The van der Waals surface area contributed by atoms with E-state index in [2.05, 4.69) is 6.58 Å². The number of cyclic esters (lactones) is 1. The van der Waals surface area contributed by atoms with Gasteiger partial charge in [-0.1, -0.05) is 43.3 Å². The predicted octanol–water partition coefficient (Wildman–Crippen LogP) is 3.18. The summed E-state index contributed by atoms with van der Waals surface area (Å²) in [6.07, 6.45) is 3.01. The third kappa shape index (κ3) is 3.94. The molecule has 2 amide bonds. The van der Waals surface area contributed by atoms with Gasteiger partial charge in [-0.15, -0.1) is 6.58 Å². The Bertz CT molecular complexity index is 512. The van der Waals surface area contributed by atoms with Gasteiger partial charge in [0.05, 0.1) is 6.04 Å². The standard InChI is InChI=1S/C17H21NO3/c1-3-7-13(2)10-16(19)18-15(12-21-17(18)20)11-14-8-5-4-6-9-14/h3-6,8-9,13,15H,1,7,10-12H2,2H3. The maximum Gasteiger partial charge on any atom is 0.416 e. The molecule has 4 heteroatoms. The molecule has 112 valence electrons. The molecule has 1 saturated heterocycles. The number of imide groups is 1. The molecule has 1 heterocycles. The zero-order chi connectivity index (χ0) is 15.2. The number of ether oxygens (including phenoxy) is 1. The molecule has 1 aromatic rings. The lowest BCUT2D eigenvalue weighted by atomic mass is 10.0. The summed E-state index contributed by atoms with van der Waals surface area (Å²) in [5.74, 6) is 0.0218. The molecular weight excluding hydrogens is 266 g/mol. The average molecular weight is 287 g/mol. The minimum atomic E-state index is -0.522. The molecule has 1 fully saturated rings. The molecular formula is C17H21NO3. The van der Waals surface area contributed by atoms with Crippen LogP contribution >= 0.6 is 0 Å². The second-order valence-corrected chi connectivity index (χ2v) is 5.52. The normalized spacial score (nSPS) is 19.2. The van der Waals surface area contributed by atoms with Crippen LogP contribution in [0.15, 0.2) is 43.0 Å². The molecule has 1 aliphatic rings. The predicted molar refractivity (Wildman–Crippen MR) is 80.7 cm³/mol. The van der Waals surface area contributed by atoms with Gasteiger partial charge < -0.3 is 4.74 Å². The van der Waals surface area contributed by atoms with E-state index in [4.69, 9.17) is 4.74 Å². The van der Waals surface area contributed by atoms with E-state index in [0.29, 0.717) is 12.8 Å². The maximum atomic E-state index is 12.3. The van der Waals surface area contributed by atoms with Gasteiger partial charge in [-0.2, -0.15) is 0 Å². The van der Waals surface area contributed by atoms with Crippen molar-refractivity contribution < 1.29 is 14.3 Å². The minimum absolute atomic E-state index is 0.159. The largest absolute Gasteiger partial charge is 0.447 e. The number of carbonyl (C=O) groups is 2. The molecule has 4 nitrogen and oxygen atoms in total. The Morgan fingerprint density at radius 1 is 1.48 bits per heavy atom. The van der Waals surface area contributed by atoms with E-state index in [1.54, 1.807) is 6.08 Å². The van der Waals surface area contributed by atoms with Crippen molar-refractivity contribution in [2.75, 3.05) is 6.61 Å². The zero-order valence-corrected chi connectivity index (χ0v) is 12.3. The van der Waals surface area contributed by atoms with Crippen molar-refractivity contribution in [3.05, 3.63) is 48.6 Å². The highest BCUT2D eigenvalue weighted by atomic mass is 16.6. The second kappa shape index (κ2) is 7.07. The Balaban J connectivity index is 2.02. The highest BCUT2D eigenvalue weighted by Crippen LogP contribution is 2.20. The third-order valence-electron chi connectivity index (χ3n) is 3.64. The van der Waals surface area contributed by atoms with Crippen molar-refractivity contribution in [3.8, 4) is 0 Å². The van der Waals surface area contributed by atoms with E-state index in [-0.39, 0.29) is 24.5 Å². The van der Waals surface area contributed by atoms with E-state index in [1.165, 1.54) is 4.90 Å².